The van der Waals surface area contributed by atoms with Gasteiger partial charge in [0.05, 0.1) is 109 Å². The van der Waals surface area contributed by atoms with Crippen LogP contribution in [0.15, 0.2) is 239 Å². The van der Waals surface area contributed by atoms with Crippen LogP contribution in [0, 0.1) is 41.2 Å². The average molecular weight is 1810 g/mol. The highest BCUT2D eigenvalue weighted by molar-refractivity contribution is 7.91. The number of hydrogen-bond acceptors (Lipinski definition) is 15. The van der Waals surface area contributed by atoms with E-state index in [1.807, 2.05) is 0 Å². The predicted molar refractivity (Wildman–Crippen MR) is 441 cm³/mol. The standard InChI is InChI=1S/C23H20F3NO4S.C23H17FN2O4S.C22H17ClF3NO4S.C22H17FN2O4S/c1-14-10-20(27-8-2-3-9-27)17(11-19(14)23(24,25)26)13-32(30,31)21-12-16(22(28)29)6-7-18(21)15-4-5-15;24-20-11-19(21-3-1-2-8-26-21)17(9-16(20)12-25)13-31(29,30)22-10-15(23(27)28)6-7-18(22)14-4-5-14;23-18-11-19(27-7-1-2-8-27)15(9-17(18)22(24,25)26)12-32(30,31)20-10-14(21(28)29)5-6-16(20)13-3-4-13;23-19-11-20(25-7-1-2-8-25)17(9-16(19)12-24)13-30(28,29)21-10-15(22(26)27)5-6-18(21)14-3-4-14/h2-3,6-12,15H,4-5,13H2,1H3,(H,28,29);1-3,6-11,14H,4-5,13H2,(H,27,28);1-2,5-11,13H,3-4,12H2,(H,28,29);1-2,5-11,14H,3-4,13H2,(H,26,27). The van der Waals surface area contributed by atoms with Crippen molar-refractivity contribution in [3.8, 4) is 40.5 Å². The molecule has 0 aliphatic heterocycles. The van der Waals surface area contributed by atoms with Crippen LogP contribution in [0.2, 0.25) is 5.02 Å². The number of aromatic carboxylic acids is 4. The zero-order chi connectivity index (χ0) is 90.2. The van der Waals surface area contributed by atoms with E-state index in [9.17, 15) is 119 Å². The summed E-state index contributed by atoms with van der Waals surface area (Å²) in [6.45, 7) is 1.33. The molecule has 0 bridgehead atoms. The quantitative estimate of drug-likeness (QED) is 0.0408. The molecule has 0 unspecified atom stereocenters. The van der Waals surface area contributed by atoms with Gasteiger partial charge in [-0.25, -0.2) is 61.6 Å². The predicted octanol–water partition coefficient (Wildman–Crippen LogP) is 19.4. The fourth-order valence-corrected chi connectivity index (χ4v) is 21.6. The second-order valence-electron chi connectivity index (χ2n) is 30.3. The molecule has 644 valence electrons. The molecule has 0 spiro atoms. The van der Waals surface area contributed by atoms with Crippen molar-refractivity contribution in [1.29, 1.82) is 10.5 Å². The van der Waals surface area contributed by atoms with Crippen LogP contribution >= 0.6 is 11.6 Å². The second-order valence-corrected chi connectivity index (χ2v) is 38.5. The summed E-state index contributed by atoms with van der Waals surface area (Å²) in [5, 5.41) is 55.1. The summed E-state index contributed by atoms with van der Waals surface area (Å²) >= 11 is 5.87. The van der Waals surface area contributed by atoms with Gasteiger partial charge in [0.2, 0.25) is 0 Å². The minimum atomic E-state index is -4.77. The minimum absolute atomic E-state index is 0.00953. The summed E-state index contributed by atoms with van der Waals surface area (Å²) in [4.78, 5) is 49.4. The Labute approximate surface area is 715 Å². The number of carbonyl (C=O) groups is 4. The summed E-state index contributed by atoms with van der Waals surface area (Å²) in [7, 11) is -16.3. The molecule has 0 radical (unpaired) electrons. The lowest BCUT2D eigenvalue weighted by atomic mass is 10.0. The summed E-state index contributed by atoms with van der Waals surface area (Å²) in [5.41, 5.74) is 0.830. The highest BCUT2D eigenvalue weighted by atomic mass is 35.5. The monoisotopic (exact) mass is 1810 g/mol. The summed E-state index contributed by atoms with van der Waals surface area (Å²) in [6.07, 6.45) is 8.24. The zero-order valence-electron chi connectivity index (χ0n) is 65.5. The molecule has 12 aromatic rings. The Hall–Kier alpha value is -12.9. The van der Waals surface area contributed by atoms with E-state index in [0.29, 0.717) is 39.3 Å². The fraction of sp³-hybridized carbons (Fsp3) is 0.211. The van der Waals surface area contributed by atoms with Gasteiger partial charge in [0, 0.05) is 54.6 Å². The Morgan fingerprint density at radius 1 is 0.408 bits per heavy atom. The number of carboxylic acid groups (broad SMARTS) is 4. The first-order chi connectivity index (χ1) is 59.0. The van der Waals surface area contributed by atoms with Crippen LogP contribution in [0.1, 0.15) is 189 Å². The SMILES string of the molecule is Cc1cc(-n2cccc2)c(CS(=O)(=O)c2cc(C(=O)O)ccc2C2CC2)cc1C(F)(F)F.N#Cc1cc(CS(=O)(=O)c2cc(C(=O)O)ccc2C2CC2)c(-c2ccccn2)cc1F.N#Cc1cc(CS(=O)(=O)c2cc(C(=O)O)ccc2C2CC2)c(-n2cccc2)cc1F.O=C(O)c1ccc(C2CC2)c(S(=O)(=O)Cc2cc(C(F)(F)F)c(Cl)cc2-n2cccc2)c1. The molecule has 4 aromatic heterocycles. The molecule has 35 heteroatoms. The molecule has 0 saturated heterocycles. The number of sulfone groups is 4. The normalized spacial score (nSPS) is 14.1. The van der Waals surface area contributed by atoms with Gasteiger partial charge in [0.1, 0.15) is 23.8 Å². The van der Waals surface area contributed by atoms with Crippen molar-refractivity contribution in [2.24, 2.45) is 0 Å². The second kappa shape index (κ2) is 35.8. The van der Waals surface area contributed by atoms with Gasteiger partial charge in [0.15, 0.2) is 39.3 Å². The third kappa shape index (κ3) is 20.8. The smallest absolute Gasteiger partial charge is 0.417 e. The van der Waals surface area contributed by atoms with Crippen molar-refractivity contribution in [2.75, 3.05) is 0 Å². The average Bonchev–Trinajstić information content (AvgIpc) is 1.44. The number of pyridine rings is 1. The van der Waals surface area contributed by atoms with E-state index >= 15 is 0 Å². The van der Waals surface area contributed by atoms with Crippen molar-refractivity contribution < 1.29 is 108 Å². The van der Waals surface area contributed by atoms with Crippen LogP contribution in [0.3, 0.4) is 0 Å². The number of carboxylic acids is 4. The fourth-order valence-electron chi connectivity index (χ4n) is 14.5. The number of alkyl halides is 6. The van der Waals surface area contributed by atoms with E-state index < -0.39 is 126 Å². The third-order valence-electron chi connectivity index (χ3n) is 21.2. The Morgan fingerprint density at radius 2 is 0.712 bits per heavy atom. The molecule has 22 nitrogen and oxygen atoms in total. The molecule has 125 heavy (non-hydrogen) atoms. The van der Waals surface area contributed by atoms with Crippen LogP contribution in [0.4, 0.5) is 35.1 Å². The van der Waals surface area contributed by atoms with E-state index in [1.165, 1.54) is 84.4 Å². The number of halogens is 9. The first-order valence-corrected chi connectivity index (χ1v) is 45.3. The Balaban J connectivity index is 0.000000143. The van der Waals surface area contributed by atoms with Gasteiger partial charge in [-0.3, -0.25) is 4.98 Å². The lowest BCUT2D eigenvalue weighted by Crippen LogP contribution is -2.14. The molecule has 4 N–H and O–H groups in total. The maximum Gasteiger partial charge on any atom is 0.417 e. The number of nitriles is 2. The molecule has 0 amide bonds. The molecule has 4 heterocycles. The Kier molecular flexibility index (Phi) is 25.7. The molecule has 4 aliphatic carbocycles. The van der Waals surface area contributed by atoms with Crippen molar-refractivity contribution >= 4 is 74.8 Å². The van der Waals surface area contributed by atoms with E-state index in [2.05, 4.69) is 4.98 Å². The van der Waals surface area contributed by atoms with Crippen LogP contribution in [0.5, 0.6) is 0 Å². The van der Waals surface area contributed by atoms with Crippen molar-refractivity contribution in [3.05, 3.63) is 331 Å². The lowest BCUT2D eigenvalue weighted by Gasteiger charge is -2.18. The van der Waals surface area contributed by atoms with E-state index in [-0.39, 0.29) is 116 Å². The summed E-state index contributed by atoms with van der Waals surface area (Å²) < 4.78 is 221. The highest BCUT2D eigenvalue weighted by Crippen LogP contribution is 2.49. The van der Waals surface area contributed by atoms with Gasteiger partial charge in [-0.1, -0.05) is 41.9 Å². The molecule has 8 aromatic carbocycles. The topological polar surface area (TPSA) is 361 Å². The lowest BCUT2D eigenvalue weighted by molar-refractivity contribution is -0.138. The number of nitrogens with zero attached hydrogens (tertiary/aromatic N) is 6. The Morgan fingerprint density at radius 3 is 1.02 bits per heavy atom. The third-order valence-corrected chi connectivity index (χ3v) is 28.4. The van der Waals surface area contributed by atoms with Gasteiger partial charge in [0.25, 0.3) is 0 Å². The van der Waals surface area contributed by atoms with Crippen LogP contribution < -0.4 is 0 Å². The van der Waals surface area contributed by atoms with E-state index in [0.717, 1.165) is 93.8 Å². The summed E-state index contributed by atoms with van der Waals surface area (Å²) in [6, 6.07) is 43.5. The van der Waals surface area contributed by atoms with Gasteiger partial charge in [-0.2, -0.15) is 36.9 Å². The van der Waals surface area contributed by atoms with Crippen LogP contribution in [-0.4, -0.2) is 96.7 Å². The minimum Gasteiger partial charge on any atom is -0.478 e. The largest absolute Gasteiger partial charge is 0.478 e. The highest BCUT2D eigenvalue weighted by Gasteiger charge is 2.40. The molecule has 4 saturated carbocycles. The van der Waals surface area contributed by atoms with Crippen LogP contribution in [-0.2, 0) is 74.7 Å². The van der Waals surface area contributed by atoms with Crippen molar-refractivity contribution in [3.63, 3.8) is 0 Å². The molecular weight excluding hydrogens is 1740 g/mol. The van der Waals surface area contributed by atoms with Crippen LogP contribution in [0.25, 0.3) is 28.3 Å². The van der Waals surface area contributed by atoms with Gasteiger partial charge < -0.3 is 34.1 Å². The molecule has 0 atom stereocenters. The number of hydrogen-bond donors (Lipinski definition) is 4. The first-order valence-electron chi connectivity index (χ1n) is 38.3. The maximum atomic E-state index is 14.3. The maximum absolute atomic E-state index is 14.3. The number of aromatic nitrogens is 4. The molecule has 4 aliphatic rings. The Bertz CT molecular complexity index is 6640. The van der Waals surface area contributed by atoms with Gasteiger partial charge >= 0.3 is 36.2 Å². The van der Waals surface area contributed by atoms with Crippen molar-refractivity contribution in [2.45, 2.75) is 137 Å². The number of benzene rings is 8. The van der Waals surface area contributed by atoms with E-state index in [1.54, 1.807) is 125 Å². The number of rotatable bonds is 24. The van der Waals surface area contributed by atoms with E-state index in [4.69, 9.17) is 11.6 Å². The summed E-state index contributed by atoms with van der Waals surface area (Å²) in [5.74, 6) is -8.78. The molecule has 4 fully saturated rings. The molecule has 16 rings (SSSR count). The van der Waals surface area contributed by atoms with Gasteiger partial charge in [-0.05, 0) is 278 Å². The van der Waals surface area contributed by atoms with Crippen molar-refractivity contribution in [1.82, 2.24) is 18.7 Å². The number of aryl methyl sites for hydroxylation is 1. The molecular formula is C90H71ClF8N6O16S4. The zero-order valence-corrected chi connectivity index (χ0v) is 69.5. The van der Waals surface area contributed by atoms with Gasteiger partial charge in [-0.15, -0.1) is 0 Å². The first kappa shape index (κ1) is 89.9.